The van der Waals surface area contributed by atoms with Gasteiger partial charge in [-0.2, -0.15) is 0 Å². The van der Waals surface area contributed by atoms with E-state index in [0.29, 0.717) is 5.92 Å². The molecule has 1 fully saturated rings. The van der Waals surface area contributed by atoms with Crippen LogP contribution in [0.15, 0.2) is 28.7 Å². The maximum absolute atomic E-state index is 12.1. The lowest BCUT2D eigenvalue weighted by Crippen LogP contribution is -2.28. The summed E-state index contributed by atoms with van der Waals surface area (Å²) in [7, 11) is 0. The van der Waals surface area contributed by atoms with Gasteiger partial charge in [-0.05, 0) is 36.6 Å². The molecule has 0 aliphatic carbocycles. The number of amides is 1. The second kappa shape index (κ2) is 5.00. The summed E-state index contributed by atoms with van der Waals surface area (Å²) in [6, 6.07) is 7.60. The van der Waals surface area contributed by atoms with Crippen LogP contribution in [0.25, 0.3) is 0 Å². The molecule has 16 heavy (non-hydrogen) atoms. The Kier molecular flexibility index (Phi) is 3.64. The molecule has 1 aromatic carbocycles. The van der Waals surface area contributed by atoms with Gasteiger partial charge in [0.05, 0.1) is 0 Å². The van der Waals surface area contributed by atoms with Crippen molar-refractivity contribution in [3.8, 4) is 0 Å². The van der Waals surface area contributed by atoms with E-state index in [-0.39, 0.29) is 5.91 Å². The molecule has 1 aromatic rings. The van der Waals surface area contributed by atoms with Crippen molar-refractivity contribution in [1.82, 2.24) is 4.90 Å². The Balaban J connectivity index is 2.05. The summed E-state index contributed by atoms with van der Waals surface area (Å²) >= 11 is 3.37. The van der Waals surface area contributed by atoms with E-state index in [4.69, 9.17) is 0 Å². The first-order valence-corrected chi connectivity index (χ1v) is 6.55. The molecule has 0 bridgehead atoms. The lowest BCUT2D eigenvalue weighted by molar-refractivity contribution is 0.0787. The molecule has 3 heteroatoms. The highest BCUT2D eigenvalue weighted by Crippen LogP contribution is 2.21. The minimum absolute atomic E-state index is 0.170. The standard InChI is InChI=1S/C13H16BrNO/c1-2-10-7-8-15(9-10)13(16)11-3-5-12(14)6-4-11/h3-6,10H,2,7-9H2,1H3. The topological polar surface area (TPSA) is 20.3 Å². The number of rotatable bonds is 2. The van der Waals surface area contributed by atoms with Crippen molar-refractivity contribution in [2.24, 2.45) is 5.92 Å². The van der Waals surface area contributed by atoms with Gasteiger partial charge >= 0.3 is 0 Å². The molecule has 1 saturated heterocycles. The van der Waals surface area contributed by atoms with Crippen LogP contribution >= 0.6 is 15.9 Å². The third-order valence-corrected chi connectivity index (χ3v) is 3.77. The maximum Gasteiger partial charge on any atom is 0.253 e. The first-order chi connectivity index (χ1) is 7.70. The summed E-state index contributed by atoms with van der Waals surface area (Å²) < 4.78 is 1.01. The van der Waals surface area contributed by atoms with Gasteiger partial charge in [0.15, 0.2) is 0 Å². The molecule has 86 valence electrons. The molecule has 0 N–H and O–H groups in total. The number of hydrogen-bond acceptors (Lipinski definition) is 1. The van der Waals surface area contributed by atoms with E-state index in [9.17, 15) is 4.79 Å². The lowest BCUT2D eigenvalue weighted by Gasteiger charge is -2.16. The summed E-state index contributed by atoms with van der Waals surface area (Å²) in [5, 5.41) is 0. The Bertz CT molecular complexity index is 374. The molecular formula is C13H16BrNO. The highest BCUT2D eigenvalue weighted by atomic mass is 79.9. The molecule has 1 amide bonds. The number of carbonyl (C=O) groups excluding carboxylic acids is 1. The molecule has 1 unspecified atom stereocenters. The summed E-state index contributed by atoms with van der Waals surface area (Å²) in [5.74, 6) is 0.864. The fourth-order valence-electron chi connectivity index (χ4n) is 2.13. The second-order valence-corrected chi connectivity index (χ2v) is 5.24. The minimum atomic E-state index is 0.170. The molecule has 1 aliphatic heterocycles. The van der Waals surface area contributed by atoms with Crippen molar-refractivity contribution < 1.29 is 4.79 Å². The molecule has 0 spiro atoms. The van der Waals surface area contributed by atoms with Gasteiger partial charge in [0.2, 0.25) is 0 Å². The van der Waals surface area contributed by atoms with Crippen molar-refractivity contribution >= 4 is 21.8 Å². The molecule has 2 rings (SSSR count). The quantitative estimate of drug-likeness (QED) is 0.814. The monoisotopic (exact) mass is 281 g/mol. The van der Waals surface area contributed by atoms with E-state index in [1.54, 1.807) is 0 Å². The van der Waals surface area contributed by atoms with E-state index < -0.39 is 0 Å². The smallest absolute Gasteiger partial charge is 0.253 e. The van der Waals surface area contributed by atoms with Crippen molar-refractivity contribution in [3.05, 3.63) is 34.3 Å². The Hall–Kier alpha value is -0.830. The van der Waals surface area contributed by atoms with E-state index in [1.165, 1.54) is 6.42 Å². The molecule has 0 saturated carbocycles. The molecule has 2 nitrogen and oxygen atoms in total. The number of carbonyl (C=O) groups is 1. The van der Waals surface area contributed by atoms with Crippen LogP contribution in [0, 0.1) is 5.92 Å². The first-order valence-electron chi connectivity index (χ1n) is 5.75. The molecule has 0 radical (unpaired) electrons. The minimum Gasteiger partial charge on any atom is -0.338 e. The number of likely N-dealkylation sites (tertiary alicyclic amines) is 1. The Morgan fingerprint density at radius 1 is 1.44 bits per heavy atom. The SMILES string of the molecule is CCC1CCN(C(=O)c2ccc(Br)cc2)C1. The highest BCUT2D eigenvalue weighted by molar-refractivity contribution is 9.10. The third-order valence-electron chi connectivity index (χ3n) is 3.24. The molecule has 1 atom stereocenters. The molecule has 1 aliphatic rings. The summed E-state index contributed by atoms with van der Waals surface area (Å²) in [5.41, 5.74) is 0.792. The Morgan fingerprint density at radius 2 is 2.12 bits per heavy atom. The van der Waals surface area contributed by atoms with E-state index in [1.807, 2.05) is 29.2 Å². The van der Waals surface area contributed by atoms with Gasteiger partial charge in [-0.25, -0.2) is 0 Å². The van der Waals surface area contributed by atoms with Crippen molar-refractivity contribution in [1.29, 1.82) is 0 Å². The van der Waals surface area contributed by atoms with Gasteiger partial charge < -0.3 is 4.90 Å². The van der Waals surface area contributed by atoms with Crippen molar-refractivity contribution in [2.75, 3.05) is 13.1 Å². The van der Waals surface area contributed by atoms with Gasteiger partial charge in [-0.3, -0.25) is 4.79 Å². The largest absolute Gasteiger partial charge is 0.338 e. The zero-order chi connectivity index (χ0) is 11.5. The van der Waals surface area contributed by atoms with Crippen LogP contribution in [0.5, 0.6) is 0 Å². The van der Waals surface area contributed by atoms with Crippen LogP contribution < -0.4 is 0 Å². The zero-order valence-corrected chi connectivity index (χ0v) is 11.0. The van der Waals surface area contributed by atoms with Crippen LogP contribution in [0.1, 0.15) is 30.1 Å². The zero-order valence-electron chi connectivity index (χ0n) is 9.45. The van der Waals surface area contributed by atoms with Crippen LogP contribution in [0.3, 0.4) is 0 Å². The molecule has 1 heterocycles. The maximum atomic E-state index is 12.1. The van der Waals surface area contributed by atoms with E-state index >= 15 is 0 Å². The van der Waals surface area contributed by atoms with Gasteiger partial charge in [-0.15, -0.1) is 0 Å². The number of benzene rings is 1. The Labute approximate surface area is 105 Å². The third kappa shape index (κ3) is 2.46. The number of halogens is 1. The van der Waals surface area contributed by atoms with Crippen molar-refractivity contribution in [3.63, 3.8) is 0 Å². The fraction of sp³-hybridized carbons (Fsp3) is 0.462. The average Bonchev–Trinajstić information content (AvgIpc) is 2.77. The van der Waals surface area contributed by atoms with Crippen molar-refractivity contribution in [2.45, 2.75) is 19.8 Å². The Morgan fingerprint density at radius 3 is 2.69 bits per heavy atom. The van der Waals surface area contributed by atoms with E-state index in [0.717, 1.165) is 29.5 Å². The summed E-state index contributed by atoms with van der Waals surface area (Å²) in [6.07, 6.45) is 2.32. The normalized spacial score (nSPS) is 20.1. The van der Waals surface area contributed by atoms with Crippen LogP contribution in [-0.2, 0) is 0 Å². The van der Waals surface area contributed by atoms with Gasteiger partial charge in [-0.1, -0.05) is 29.3 Å². The molecular weight excluding hydrogens is 266 g/mol. The average molecular weight is 282 g/mol. The van der Waals surface area contributed by atoms with Crippen LogP contribution in [0.4, 0.5) is 0 Å². The number of hydrogen-bond donors (Lipinski definition) is 0. The van der Waals surface area contributed by atoms with Crippen LogP contribution in [0.2, 0.25) is 0 Å². The van der Waals surface area contributed by atoms with Gasteiger partial charge in [0, 0.05) is 23.1 Å². The summed E-state index contributed by atoms with van der Waals surface area (Å²) in [4.78, 5) is 14.1. The summed E-state index contributed by atoms with van der Waals surface area (Å²) in [6.45, 7) is 4.02. The highest BCUT2D eigenvalue weighted by Gasteiger charge is 2.25. The van der Waals surface area contributed by atoms with Gasteiger partial charge in [0.25, 0.3) is 5.91 Å². The molecule has 0 aromatic heterocycles. The van der Waals surface area contributed by atoms with Crippen LogP contribution in [-0.4, -0.2) is 23.9 Å². The van der Waals surface area contributed by atoms with Gasteiger partial charge in [0.1, 0.15) is 0 Å². The first kappa shape index (κ1) is 11.6. The van der Waals surface area contributed by atoms with E-state index in [2.05, 4.69) is 22.9 Å². The lowest BCUT2D eigenvalue weighted by atomic mass is 10.1. The number of nitrogens with zero attached hydrogens (tertiary/aromatic N) is 1. The second-order valence-electron chi connectivity index (χ2n) is 4.32. The predicted octanol–water partition coefficient (Wildman–Crippen LogP) is 3.32. The fourth-order valence-corrected chi connectivity index (χ4v) is 2.39. The predicted molar refractivity (Wildman–Crippen MR) is 68.4 cm³/mol.